The number of hydrogen-bond acceptors (Lipinski definition) is 1. The van der Waals surface area contributed by atoms with Crippen molar-refractivity contribution in [2.45, 2.75) is 51.5 Å². The van der Waals surface area contributed by atoms with Gasteiger partial charge in [-0.2, -0.15) is 0 Å². The number of carbonyl (C=O) groups is 1. The van der Waals surface area contributed by atoms with Crippen molar-refractivity contribution < 1.29 is 4.79 Å². The van der Waals surface area contributed by atoms with Gasteiger partial charge in [0.25, 0.3) is 0 Å². The Morgan fingerprint density at radius 3 is 2.78 bits per heavy atom. The van der Waals surface area contributed by atoms with Crippen molar-refractivity contribution in [2.24, 2.45) is 0 Å². The van der Waals surface area contributed by atoms with Gasteiger partial charge < -0.3 is 9.88 Å². The lowest BCUT2D eigenvalue weighted by molar-refractivity contribution is -0.134. The molecule has 0 aliphatic heterocycles. The molecule has 3 nitrogen and oxygen atoms in total. The number of nitrogens with zero attached hydrogens (tertiary/aromatic N) is 1. The fourth-order valence-electron chi connectivity index (χ4n) is 4.49. The second-order valence-corrected chi connectivity index (χ2v) is 7.57. The van der Waals surface area contributed by atoms with E-state index in [9.17, 15) is 4.79 Å². The highest BCUT2D eigenvalue weighted by Gasteiger charge is 2.34. The minimum Gasteiger partial charge on any atom is -0.356 e. The molecule has 0 unspecified atom stereocenters. The van der Waals surface area contributed by atoms with Gasteiger partial charge in [-0.05, 0) is 62.7 Å². The van der Waals surface area contributed by atoms with Crippen molar-refractivity contribution in [2.75, 3.05) is 0 Å². The average molecular weight is 356 g/mol. The molecule has 1 aliphatic carbocycles. The molecule has 4 rings (SSSR count). The molecular weight excluding hydrogens is 331 g/mol. The number of rotatable bonds is 4. The summed E-state index contributed by atoms with van der Waals surface area (Å²) < 4.78 is 0. The summed E-state index contributed by atoms with van der Waals surface area (Å²) in [6.45, 7) is 4.23. The Morgan fingerprint density at radius 1 is 1.26 bits per heavy atom. The number of amides is 1. The Hall–Kier alpha value is -2.49. The highest BCUT2D eigenvalue weighted by molar-refractivity contribution is 6.19. The lowest BCUT2D eigenvalue weighted by Gasteiger charge is -2.39. The van der Waals surface area contributed by atoms with E-state index in [-0.39, 0.29) is 24.3 Å². The summed E-state index contributed by atoms with van der Waals surface area (Å²) in [6, 6.07) is 16.8. The first-order valence-electron chi connectivity index (χ1n) is 9.77. The largest absolute Gasteiger partial charge is 0.356 e. The molecule has 1 heterocycles. The maximum atomic E-state index is 12.9. The SMILES string of the molecule is [B]CC(=O)N([C@H](C)c1ccccc1)[C@@H]1CCCc2c1[nH]c1ccc(C)cc21. The van der Waals surface area contributed by atoms with Crippen LogP contribution in [0.15, 0.2) is 48.5 Å². The van der Waals surface area contributed by atoms with Crippen molar-refractivity contribution in [3.05, 3.63) is 70.9 Å². The van der Waals surface area contributed by atoms with Gasteiger partial charge in [-0.3, -0.25) is 4.79 Å². The number of aryl methyl sites for hydroxylation is 2. The third-order valence-corrected chi connectivity index (χ3v) is 5.83. The molecule has 0 saturated heterocycles. The van der Waals surface area contributed by atoms with Crippen molar-refractivity contribution in [1.82, 2.24) is 9.88 Å². The van der Waals surface area contributed by atoms with Gasteiger partial charge in [0.1, 0.15) is 0 Å². The number of benzene rings is 2. The third-order valence-electron chi connectivity index (χ3n) is 5.83. The average Bonchev–Trinajstić information content (AvgIpc) is 3.07. The predicted molar refractivity (Wildman–Crippen MR) is 111 cm³/mol. The van der Waals surface area contributed by atoms with Crippen molar-refractivity contribution in [1.29, 1.82) is 0 Å². The molecule has 2 radical (unpaired) electrons. The highest BCUT2D eigenvalue weighted by atomic mass is 16.2. The lowest BCUT2D eigenvalue weighted by Crippen LogP contribution is -2.38. The van der Waals surface area contributed by atoms with Crippen LogP contribution in [-0.2, 0) is 11.2 Å². The highest BCUT2D eigenvalue weighted by Crippen LogP contribution is 2.41. The molecule has 2 atom stereocenters. The van der Waals surface area contributed by atoms with Gasteiger partial charge in [0.2, 0.25) is 5.91 Å². The molecule has 0 bridgehead atoms. The molecule has 27 heavy (non-hydrogen) atoms. The van der Waals surface area contributed by atoms with Crippen LogP contribution in [0.3, 0.4) is 0 Å². The van der Waals surface area contributed by atoms with Crippen LogP contribution in [-0.4, -0.2) is 23.6 Å². The first-order valence-corrected chi connectivity index (χ1v) is 9.77. The van der Waals surface area contributed by atoms with Crippen LogP contribution in [0, 0.1) is 6.92 Å². The number of nitrogens with one attached hydrogen (secondary N) is 1. The second-order valence-electron chi connectivity index (χ2n) is 7.57. The zero-order chi connectivity index (χ0) is 19.0. The van der Waals surface area contributed by atoms with E-state index in [1.54, 1.807) is 0 Å². The zero-order valence-corrected chi connectivity index (χ0v) is 16.0. The van der Waals surface area contributed by atoms with Gasteiger partial charge in [-0.1, -0.05) is 42.0 Å². The van der Waals surface area contributed by atoms with Crippen LogP contribution < -0.4 is 0 Å². The molecule has 1 amide bonds. The van der Waals surface area contributed by atoms with Gasteiger partial charge in [0.15, 0.2) is 0 Å². The number of H-pyrrole nitrogens is 1. The molecule has 0 saturated carbocycles. The summed E-state index contributed by atoms with van der Waals surface area (Å²) in [5, 5.41) is 1.29. The van der Waals surface area contributed by atoms with Crippen LogP contribution in [0.1, 0.15) is 54.2 Å². The Morgan fingerprint density at radius 2 is 2.04 bits per heavy atom. The first-order chi connectivity index (χ1) is 13.1. The minimum absolute atomic E-state index is 0.000889. The van der Waals surface area contributed by atoms with Crippen LogP contribution in [0.4, 0.5) is 0 Å². The van der Waals surface area contributed by atoms with E-state index in [2.05, 4.69) is 49.2 Å². The van der Waals surface area contributed by atoms with Gasteiger partial charge in [-0.25, -0.2) is 0 Å². The fraction of sp³-hybridized carbons (Fsp3) is 0.348. The Bertz CT molecular complexity index is 963. The van der Waals surface area contributed by atoms with Gasteiger partial charge in [0, 0.05) is 16.6 Å². The van der Waals surface area contributed by atoms with Crippen molar-refractivity contribution in [3.63, 3.8) is 0 Å². The molecule has 1 N–H and O–H groups in total. The van der Waals surface area contributed by atoms with Crippen LogP contribution in [0.2, 0.25) is 6.32 Å². The molecule has 2 aromatic carbocycles. The lowest BCUT2D eigenvalue weighted by atomic mass is 9.88. The first kappa shape index (κ1) is 17.9. The molecule has 136 valence electrons. The summed E-state index contributed by atoms with van der Waals surface area (Å²) in [5.74, 6) is -0.000889. The third kappa shape index (κ3) is 3.18. The molecular formula is C23H25BN2O. The summed E-state index contributed by atoms with van der Waals surface area (Å²) in [6.07, 6.45) is 3.12. The van der Waals surface area contributed by atoms with Gasteiger partial charge in [0.05, 0.1) is 19.9 Å². The number of hydrogen-bond donors (Lipinski definition) is 1. The van der Waals surface area contributed by atoms with E-state index >= 15 is 0 Å². The molecule has 1 aliphatic rings. The standard InChI is InChI=1S/C23H25BN2O/c1-15-11-12-20-19(13-15)18-9-6-10-21(23(18)25-20)26(22(27)14-24)16(2)17-7-4-3-5-8-17/h3-5,7-8,11-13,16,21,25H,6,9-10,14H2,1-2H3/t16-,21-/m1/s1. The van der Waals surface area contributed by atoms with E-state index in [1.807, 2.05) is 23.1 Å². The fourth-order valence-corrected chi connectivity index (χ4v) is 4.49. The van der Waals surface area contributed by atoms with Gasteiger partial charge in [-0.15, -0.1) is 0 Å². The van der Waals surface area contributed by atoms with E-state index in [0.717, 1.165) is 30.3 Å². The number of aromatic nitrogens is 1. The van der Waals surface area contributed by atoms with Crippen molar-refractivity contribution >= 4 is 24.7 Å². The van der Waals surface area contributed by atoms with Crippen LogP contribution in [0.5, 0.6) is 0 Å². The van der Waals surface area contributed by atoms with E-state index in [4.69, 9.17) is 7.85 Å². The van der Waals surface area contributed by atoms with Crippen LogP contribution in [0.25, 0.3) is 10.9 Å². The molecule has 0 fully saturated rings. The predicted octanol–water partition coefficient (Wildman–Crippen LogP) is 5.03. The summed E-state index contributed by atoms with van der Waals surface area (Å²) in [5.41, 5.74) is 6.11. The monoisotopic (exact) mass is 356 g/mol. The molecule has 3 aromatic rings. The second kappa shape index (κ2) is 7.26. The quantitative estimate of drug-likeness (QED) is 0.654. The zero-order valence-electron chi connectivity index (χ0n) is 16.0. The van der Waals surface area contributed by atoms with E-state index < -0.39 is 0 Å². The molecule has 4 heteroatoms. The molecule has 1 aromatic heterocycles. The number of aromatic amines is 1. The number of carbonyl (C=O) groups excluding carboxylic acids is 1. The Labute approximate surface area is 162 Å². The minimum atomic E-state index is -0.0219. The topological polar surface area (TPSA) is 36.1 Å². The maximum absolute atomic E-state index is 12.9. The summed E-state index contributed by atoms with van der Waals surface area (Å²) >= 11 is 0. The Kier molecular flexibility index (Phi) is 4.82. The van der Waals surface area contributed by atoms with Crippen molar-refractivity contribution in [3.8, 4) is 0 Å². The smallest absolute Gasteiger partial charge is 0.214 e. The van der Waals surface area contributed by atoms with Gasteiger partial charge >= 0.3 is 0 Å². The maximum Gasteiger partial charge on any atom is 0.214 e. The Balaban J connectivity index is 1.80. The summed E-state index contributed by atoms with van der Waals surface area (Å²) in [7, 11) is 5.81. The molecule has 0 spiro atoms. The van der Waals surface area contributed by atoms with E-state index in [1.165, 1.54) is 22.2 Å². The number of fused-ring (bicyclic) bond motifs is 3. The normalized spacial score (nSPS) is 17.5. The van der Waals surface area contributed by atoms with E-state index in [0.29, 0.717) is 0 Å². The summed E-state index contributed by atoms with van der Waals surface area (Å²) in [4.78, 5) is 18.5. The van der Waals surface area contributed by atoms with Crippen LogP contribution >= 0.6 is 0 Å².